The number of aromatic nitrogens is 1. The minimum absolute atomic E-state index is 0.0670. The molecule has 1 aliphatic heterocycles. The molecule has 4 rings (SSSR count). The summed E-state index contributed by atoms with van der Waals surface area (Å²) in [7, 11) is 0. The van der Waals surface area contributed by atoms with Crippen molar-refractivity contribution in [3.63, 3.8) is 0 Å². The summed E-state index contributed by atoms with van der Waals surface area (Å²) >= 11 is 0. The first-order chi connectivity index (χ1) is 17.9. The lowest BCUT2D eigenvalue weighted by molar-refractivity contribution is -0.141. The molecule has 2 aromatic rings. The van der Waals surface area contributed by atoms with Gasteiger partial charge in [-0.25, -0.2) is 4.79 Å². The van der Waals surface area contributed by atoms with Gasteiger partial charge in [-0.3, -0.25) is 9.59 Å². The molecule has 202 valence electrons. The van der Waals surface area contributed by atoms with E-state index in [2.05, 4.69) is 17.2 Å². The van der Waals surface area contributed by atoms with Crippen LogP contribution in [0.25, 0.3) is 10.9 Å². The molecule has 8 nitrogen and oxygen atoms in total. The van der Waals surface area contributed by atoms with E-state index < -0.39 is 12.0 Å². The Labute approximate surface area is 219 Å². The molecule has 0 radical (unpaired) electrons. The lowest BCUT2D eigenvalue weighted by atomic mass is 9.76. The van der Waals surface area contributed by atoms with Gasteiger partial charge in [-0.15, -0.1) is 0 Å². The first-order valence-corrected chi connectivity index (χ1v) is 14.1. The maximum absolute atomic E-state index is 13.8. The number of hydrogen-bond acceptors (Lipinski definition) is 4. The summed E-state index contributed by atoms with van der Waals surface area (Å²) in [6.45, 7) is 3.37. The van der Waals surface area contributed by atoms with Gasteiger partial charge in [0.15, 0.2) is 0 Å². The minimum atomic E-state index is -1.02. The monoisotopic (exact) mass is 510 g/mol. The van der Waals surface area contributed by atoms with Crippen LogP contribution in [-0.4, -0.2) is 51.9 Å². The second kappa shape index (κ2) is 12.6. The maximum Gasteiger partial charge on any atom is 0.352 e. The molecule has 1 aliphatic carbocycles. The van der Waals surface area contributed by atoms with Gasteiger partial charge >= 0.3 is 5.97 Å². The molecule has 2 aliphatic rings. The average molecular weight is 511 g/mol. The van der Waals surface area contributed by atoms with Crippen LogP contribution in [0.4, 0.5) is 5.69 Å². The average Bonchev–Trinajstić information content (AvgIpc) is 3.53. The van der Waals surface area contributed by atoms with E-state index in [1.165, 1.54) is 19.3 Å². The van der Waals surface area contributed by atoms with Crippen molar-refractivity contribution in [3.8, 4) is 0 Å². The highest BCUT2D eigenvalue weighted by Crippen LogP contribution is 2.40. The molecule has 1 aromatic carbocycles. The van der Waals surface area contributed by atoms with E-state index in [1.807, 2.05) is 4.90 Å². The molecule has 0 spiro atoms. The van der Waals surface area contributed by atoms with Crippen molar-refractivity contribution < 1.29 is 19.5 Å². The number of unbranched alkanes of at least 4 members (excludes halogenated alkanes) is 1. The molecule has 37 heavy (non-hydrogen) atoms. The van der Waals surface area contributed by atoms with E-state index >= 15 is 0 Å². The molecule has 8 heteroatoms. The largest absolute Gasteiger partial charge is 0.477 e. The molecule has 1 aromatic heterocycles. The molecule has 2 amide bonds. The summed E-state index contributed by atoms with van der Waals surface area (Å²) < 4.78 is 0. The number of aromatic carboxylic acids is 1. The number of hydrogen-bond donors (Lipinski definition) is 4. The Morgan fingerprint density at radius 2 is 1.89 bits per heavy atom. The number of rotatable bonds is 11. The van der Waals surface area contributed by atoms with E-state index in [-0.39, 0.29) is 29.3 Å². The molecule has 0 bridgehead atoms. The molecular formula is C29H42N4O4. The highest BCUT2D eigenvalue weighted by atomic mass is 16.4. The van der Waals surface area contributed by atoms with Crippen LogP contribution in [0.2, 0.25) is 0 Å². The summed E-state index contributed by atoms with van der Waals surface area (Å²) in [5.74, 6) is -0.468. The number of nitrogens with zero attached hydrogens (tertiary/aromatic N) is 1. The number of likely N-dealkylation sites (tertiary alicyclic amines) is 1. The highest BCUT2D eigenvalue weighted by Gasteiger charge is 2.46. The third-order valence-electron chi connectivity index (χ3n) is 8.36. The number of amides is 2. The van der Waals surface area contributed by atoms with Gasteiger partial charge in [-0.05, 0) is 68.3 Å². The fourth-order valence-electron chi connectivity index (χ4n) is 6.51. The SMILES string of the molecule is CCC[C@H](CCCCN)C(=O)N1CC[C@@H](C2CCCCC2)[C@H]1C(=O)Nc1ccc2[nH]c(C(=O)O)cc2c1. The van der Waals surface area contributed by atoms with Gasteiger partial charge in [0.1, 0.15) is 11.7 Å². The number of carbonyl (C=O) groups excluding carboxylic acids is 2. The van der Waals surface area contributed by atoms with Gasteiger partial charge in [-0.1, -0.05) is 51.9 Å². The van der Waals surface area contributed by atoms with E-state index in [4.69, 9.17) is 5.73 Å². The Kier molecular flexibility index (Phi) is 9.24. The first kappa shape index (κ1) is 27.2. The van der Waals surface area contributed by atoms with Crippen molar-refractivity contribution in [2.75, 3.05) is 18.4 Å². The zero-order chi connectivity index (χ0) is 26.4. The number of carboxylic acids is 1. The van der Waals surface area contributed by atoms with Gasteiger partial charge in [0.25, 0.3) is 0 Å². The Hall–Kier alpha value is -2.87. The number of carbonyl (C=O) groups is 3. The predicted octanol–water partition coefficient (Wildman–Crippen LogP) is 5.15. The molecule has 2 fully saturated rings. The van der Waals surface area contributed by atoms with Crippen LogP contribution in [-0.2, 0) is 9.59 Å². The third-order valence-corrected chi connectivity index (χ3v) is 8.36. The van der Waals surface area contributed by atoms with E-state index in [0.29, 0.717) is 30.2 Å². The normalized spacial score (nSPS) is 21.3. The lowest BCUT2D eigenvalue weighted by Gasteiger charge is -2.35. The van der Waals surface area contributed by atoms with Crippen LogP contribution >= 0.6 is 0 Å². The standard InChI is InChI=1S/C29H42N4O4/c1-2-8-20(11-6-7-15-30)28(35)33-16-14-23(19-9-4-3-5-10-19)26(33)27(34)31-22-12-13-24-21(17-22)18-25(32-24)29(36)37/h12-13,17-20,23,26,32H,2-11,14-16,30H2,1H3,(H,31,34)(H,36,37)/t20-,23+,26+/m1/s1. The molecule has 2 heterocycles. The van der Waals surface area contributed by atoms with Crippen molar-refractivity contribution in [2.45, 2.75) is 83.6 Å². The number of fused-ring (bicyclic) bond motifs is 1. The summed E-state index contributed by atoms with van der Waals surface area (Å²) in [4.78, 5) is 43.8. The number of carboxylic acid groups (broad SMARTS) is 1. The van der Waals surface area contributed by atoms with Gasteiger partial charge < -0.3 is 26.0 Å². The molecular weight excluding hydrogens is 468 g/mol. The number of nitrogens with two attached hydrogens (primary N) is 1. The fraction of sp³-hybridized carbons (Fsp3) is 0.621. The Morgan fingerprint density at radius 3 is 2.59 bits per heavy atom. The van der Waals surface area contributed by atoms with Crippen molar-refractivity contribution in [1.82, 2.24) is 9.88 Å². The summed E-state index contributed by atoms with van der Waals surface area (Å²) in [6, 6.07) is 6.45. The van der Waals surface area contributed by atoms with Crippen LogP contribution in [0.15, 0.2) is 24.3 Å². The van der Waals surface area contributed by atoms with E-state index in [1.54, 1.807) is 24.3 Å². The molecule has 5 N–H and O–H groups in total. The summed E-state index contributed by atoms with van der Waals surface area (Å²) in [6.07, 6.45) is 11.2. The van der Waals surface area contributed by atoms with Crippen molar-refractivity contribution >= 4 is 34.4 Å². The Bertz CT molecular complexity index is 1090. The molecule has 0 unspecified atom stereocenters. The first-order valence-electron chi connectivity index (χ1n) is 14.1. The zero-order valence-electron chi connectivity index (χ0n) is 22.0. The van der Waals surface area contributed by atoms with Crippen LogP contribution in [0.3, 0.4) is 0 Å². The number of nitrogens with one attached hydrogen (secondary N) is 2. The molecule has 3 atom stereocenters. The van der Waals surface area contributed by atoms with Crippen LogP contribution in [0.5, 0.6) is 0 Å². The Morgan fingerprint density at radius 1 is 1.11 bits per heavy atom. The smallest absolute Gasteiger partial charge is 0.352 e. The van der Waals surface area contributed by atoms with Crippen molar-refractivity contribution in [2.24, 2.45) is 23.5 Å². The second-order valence-corrected chi connectivity index (χ2v) is 10.9. The van der Waals surface area contributed by atoms with Crippen molar-refractivity contribution in [3.05, 3.63) is 30.0 Å². The quantitative estimate of drug-likeness (QED) is 0.311. The second-order valence-electron chi connectivity index (χ2n) is 10.9. The van der Waals surface area contributed by atoms with Gasteiger partial charge in [0, 0.05) is 29.1 Å². The number of anilines is 1. The van der Waals surface area contributed by atoms with E-state index in [0.717, 1.165) is 56.8 Å². The van der Waals surface area contributed by atoms with Crippen LogP contribution < -0.4 is 11.1 Å². The fourth-order valence-corrected chi connectivity index (χ4v) is 6.51. The van der Waals surface area contributed by atoms with Gasteiger partial charge in [0.05, 0.1) is 0 Å². The van der Waals surface area contributed by atoms with Crippen LogP contribution in [0, 0.1) is 17.8 Å². The van der Waals surface area contributed by atoms with Crippen LogP contribution in [0.1, 0.15) is 88.0 Å². The number of H-pyrrole nitrogens is 1. The molecule has 1 saturated heterocycles. The number of benzene rings is 1. The topological polar surface area (TPSA) is 129 Å². The van der Waals surface area contributed by atoms with Crippen molar-refractivity contribution in [1.29, 1.82) is 0 Å². The third kappa shape index (κ3) is 6.35. The predicted molar refractivity (Wildman–Crippen MR) is 145 cm³/mol. The van der Waals surface area contributed by atoms with E-state index in [9.17, 15) is 19.5 Å². The zero-order valence-corrected chi connectivity index (χ0v) is 22.0. The van der Waals surface area contributed by atoms with Gasteiger partial charge in [-0.2, -0.15) is 0 Å². The van der Waals surface area contributed by atoms with Gasteiger partial charge in [0.2, 0.25) is 11.8 Å². The Balaban J connectivity index is 1.56. The maximum atomic E-state index is 13.8. The summed E-state index contributed by atoms with van der Waals surface area (Å²) in [5.41, 5.74) is 7.12. The number of aromatic amines is 1. The molecule has 1 saturated carbocycles. The minimum Gasteiger partial charge on any atom is -0.477 e. The summed E-state index contributed by atoms with van der Waals surface area (Å²) in [5, 5.41) is 13.1. The lowest BCUT2D eigenvalue weighted by Crippen LogP contribution is -2.49. The highest BCUT2D eigenvalue weighted by molar-refractivity contribution is 6.00.